The second kappa shape index (κ2) is 14.4. The number of primary amides is 1. The first-order valence-corrected chi connectivity index (χ1v) is 13.7. The first-order chi connectivity index (χ1) is 18.7. The lowest BCUT2D eigenvalue weighted by molar-refractivity contribution is -0.131. The summed E-state index contributed by atoms with van der Waals surface area (Å²) in [5, 5.41) is 6.14. The number of aryl methyl sites for hydroxylation is 2. The van der Waals surface area contributed by atoms with Crippen molar-refractivity contribution in [2.75, 3.05) is 45.1 Å². The van der Waals surface area contributed by atoms with Crippen LogP contribution in [0, 0.1) is 0 Å². The molecule has 1 aliphatic rings. The molecule has 10 nitrogen and oxygen atoms in total. The van der Waals surface area contributed by atoms with Crippen molar-refractivity contribution in [1.82, 2.24) is 25.1 Å². The molecule has 0 bridgehead atoms. The minimum absolute atomic E-state index is 0.00736. The van der Waals surface area contributed by atoms with Gasteiger partial charge in [-0.2, -0.15) is 0 Å². The zero-order chi connectivity index (χ0) is 28.4. The molecule has 10 heteroatoms. The Morgan fingerprint density at radius 2 is 1.95 bits per heavy atom. The van der Waals surface area contributed by atoms with Gasteiger partial charge in [-0.25, -0.2) is 9.97 Å². The number of aromatic nitrogens is 2. The fourth-order valence-corrected chi connectivity index (χ4v) is 4.27. The predicted molar refractivity (Wildman–Crippen MR) is 153 cm³/mol. The van der Waals surface area contributed by atoms with Crippen molar-refractivity contribution in [3.8, 4) is 0 Å². The van der Waals surface area contributed by atoms with E-state index < -0.39 is 5.91 Å². The minimum atomic E-state index is -0.634. The van der Waals surface area contributed by atoms with E-state index >= 15 is 0 Å². The Balaban J connectivity index is 1.58. The van der Waals surface area contributed by atoms with Crippen LogP contribution >= 0.6 is 0 Å². The zero-order valence-electron chi connectivity index (χ0n) is 23.5. The van der Waals surface area contributed by atoms with Gasteiger partial charge >= 0.3 is 0 Å². The van der Waals surface area contributed by atoms with Crippen molar-refractivity contribution >= 4 is 29.2 Å². The topological polar surface area (TPSA) is 134 Å². The van der Waals surface area contributed by atoms with Crippen LogP contribution in [0.5, 0.6) is 0 Å². The number of amides is 3. The molecule has 2 heterocycles. The molecule has 39 heavy (non-hydrogen) atoms. The smallest absolute Gasteiger partial charge is 0.271 e. The summed E-state index contributed by atoms with van der Waals surface area (Å²) in [7, 11) is 1.62. The number of hydrogen-bond acceptors (Lipinski definition) is 7. The molecular weight excluding hydrogens is 494 g/mol. The maximum absolute atomic E-state index is 12.5. The SMILES string of the molecule is CCCc1nc(Nc2cccc(C(C)CNC(=O)CN(C)C(=O)/C=C/CN3CCC3)c2)c(C(N)=O)nc1CC. The summed E-state index contributed by atoms with van der Waals surface area (Å²) in [5.74, 6) is -0.695. The summed E-state index contributed by atoms with van der Waals surface area (Å²) in [6, 6.07) is 7.71. The largest absolute Gasteiger partial charge is 0.364 e. The molecule has 1 atom stereocenters. The Kier molecular flexibility index (Phi) is 11.0. The summed E-state index contributed by atoms with van der Waals surface area (Å²) in [4.78, 5) is 49.7. The van der Waals surface area contributed by atoms with Crippen molar-refractivity contribution in [3.05, 3.63) is 59.1 Å². The van der Waals surface area contributed by atoms with E-state index in [-0.39, 0.29) is 30.0 Å². The van der Waals surface area contributed by atoms with Gasteiger partial charge in [0.25, 0.3) is 5.91 Å². The van der Waals surface area contributed by atoms with E-state index in [0.717, 1.165) is 55.1 Å². The standard InChI is InChI=1S/C29H41N7O3/c1-5-10-24-23(6-2)33-27(28(30)39)29(34-24)32-22-12-7-11-21(17-22)20(3)18-31-25(37)19-35(4)26(38)13-8-14-36-15-9-16-36/h7-8,11-13,17,20H,5-6,9-10,14-16,18-19H2,1-4H3,(H2,30,39)(H,31,37)(H,32,34)/b13-8+. The van der Waals surface area contributed by atoms with Crippen molar-refractivity contribution in [2.24, 2.45) is 5.73 Å². The normalized spacial score (nSPS) is 14.1. The molecule has 1 fully saturated rings. The van der Waals surface area contributed by atoms with Crippen LogP contribution in [0.1, 0.15) is 67.0 Å². The van der Waals surface area contributed by atoms with Crippen LogP contribution in [0.2, 0.25) is 0 Å². The van der Waals surface area contributed by atoms with E-state index in [1.54, 1.807) is 7.05 Å². The molecule has 1 aliphatic heterocycles. The number of nitrogens with two attached hydrogens (primary N) is 1. The molecule has 1 saturated heterocycles. The molecule has 0 saturated carbocycles. The van der Waals surface area contributed by atoms with Gasteiger partial charge in [-0.05, 0) is 56.0 Å². The number of nitrogens with one attached hydrogen (secondary N) is 2. The second-order valence-electron chi connectivity index (χ2n) is 9.99. The number of hydrogen-bond donors (Lipinski definition) is 3. The number of benzene rings is 1. The molecule has 1 aromatic carbocycles. The lowest BCUT2D eigenvalue weighted by atomic mass is 10.0. The highest BCUT2D eigenvalue weighted by Crippen LogP contribution is 2.24. The molecule has 1 unspecified atom stereocenters. The Labute approximate surface area is 231 Å². The van der Waals surface area contributed by atoms with Crippen molar-refractivity contribution in [3.63, 3.8) is 0 Å². The van der Waals surface area contributed by atoms with Crippen LogP contribution in [0.25, 0.3) is 0 Å². The average Bonchev–Trinajstić information content (AvgIpc) is 2.88. The molecular formula is C29H41N7O3. The van der Waals surface area contributed by atoms with Crippen molar-refractivity contribution in [1.29, 1.82) is 0 Å². The number of likely N-dealkylation sites (tertiary alicyclic amines) is 1. The Hall–Kier alpha value is -3.79. The third kappa shape index (κ3) is 8.61. The van der Waals surface area contributed by atoms with Gasteiger partial charge in [0.05, 0.1) is 17.9 Å². The zero-order valence-corrected chi connectivity index (χ0v) is 23.5. The van der Waals surface area contributed by atoms with E-state index in [0.29, 0.717) is 18.8 Å². The highest BCUT2D eigenvalue weighted by atomic mass is 16.2. The third-order valence-electron chi connectivity index (χ3n) is 6.76. The van der Waals surface area contributed by atoms with Crippen LogP contribution in [-0.4, -0.2) is 77.3 Å². The van der Waals surface area contributed by atoms with Gasteiger partial charge in [-0.3, -0.25) is 19.3 Å². The number of carbonyl (C=O) groups excluding carboxylic acids is 3. The quantitative estimate of drug-likeness (QED) is 0.317. The average molecular weight is 536 g/mol. The second-order valence-corrected chi connectivity index (χ2v) is 9.99. The van der Waals surface area contributed by atoms with Crippen LogP contribution in [0.4, 0.5) is 11.5 Å². The number of nitrogens with zero attached hydrogens (tertiary/aromatic N) is 4. The Morgan fingerprint density at radius 3 is 2.59 bits per heavy atom. The van der Waals surface area contributed by atoms with Crippen molar-refractivity contribution in [2.45, 2.75) is 52.4 Å². The molecule has 0 aliphatic carbocycles. The summed E-state index contributed by atoms with van der Waals surface area (Å²) in [6.07, 6.45) is 6.92. The summed E-state index contributed by atoms with van der Waals surface area (Å²) >= 11 is 0. The van der Waals surface area contributed by atoms with Gasteiger partial charge in [0.15, 0.2) is 11.5 Å². The van der Waals surface area contributed by atoms with Gasteiger partial charge in [0, 0.05) is 31.9 Å². The van der Waals surface area contributed by atoms with Crippen molar-refractivity contribution < 1.29 is 14.4 Å². The van der Waals surface area contributed by atoms with Crippen LogP contribution in [0.3, 0.4) is 0 Å². The van der Waals surface area contributed by atoms with E-state index in [9.17, 15) is 14.4 Å². The summed E-state index contributed by atoms with van der Waals surface area (Å²) in [5.41, 5.74) is 9.09. The Bertz CT molecular complexity index is 1190. The maximum atomic E-state index is 12.5. The first kappa shape index (κ1) is 29.8. The first-order valence-electron chi connectivity index (χ1n) is 13.7. The molecule has 1 aromatic heterocycles. The molecule has 3 rings (SSSR count). The van der Waals surface area contributed by atoms with Crippen LogP contribution < -0.4 is 16.4 Å². The van der Waals surface area contributed by atoms with E-state index in [1.807, 2.05) is 44.2 Å². The fraction of sp³-hybridized carbons (Fsp3) is 0.483. The van der Waals surface area contributed by atoms with Gasteiger partial charge < -0.3 is 21.3 Å². The van der Waals surface area contributed by atoms with Gasteiger partial charge in [0.1, 0.15) is 0 Å². The number of carbonyl (C=O) groups is 3. The molecule has 0 spiro atoms. The highest BCUT2D eigenvalue weighted by Gasteiger charge is 2.18. The van der Waals surface area contributed by atoms with Gasteiger partial charge in [-0.15, -0.1) is 0 Å². The molecule has 3 amide bonds. The highest BCUT2D eigenvalue weighted by molar-refractivity contribution is 5.96. The Morgan fingerprint density at radius 1 is 1.18 bits per heavy atom. The van der Waals surface area contributed by atoms with Crippen LogP contribution in [-0.2, 0) is 22.4 Å². The molecule has 4 N–H and O–H groups in total. The lowest BCUT2D eigenvalue weighted by Crippen LogP contribution is -2.39. The van der Waals surface area contributed by atoms with Crippen LogP contribution in [0.15, 0.2) is 36.4 Å². The molecule has 2 aromatic rings. The molecule has 210 valence electrons. The maximum Gasteiger partial charge on any atom is 0.271 e. The predicted octanol–water partition coefficient (Wildman–Crippen LogP) is 2.77. The van der Waals surface area contributed by atoms with Gasteiger partial charge in [-0.1, -0.05) is 45.4 Å². The summed E-state index contributed by atoms with van der Waals surface area (Å²) in [6.45, 7) is 9.37. The third-order valence-corrected chi connectivity index (χ3v) is 6.76. The monoisotopic (exact) mass is 535 g/mol. The lowest BCUT2D eigenvalue weighted by Gasteiger charge is -2.29. The van der Waals surface area contributed by atoms with Gasteiger partial charge in [0.2, 0.25) is 11.8 Å². The van der Waals surface area contributed by atoms with E-state index in [2.05, 4.69) is 32.4 Å². The fourth-order valence-electron chi connectivity index (χ4n) is 4.27. The number of rotatable bonds is 14. The van der Waals surface area contributed by atoms with E-state index in [4.69, 9.17) is 5.73 Å². The van der Waals surface area contributed by atoms with E-state index in [1.165, 1.54) is 17.4 Å². The number of anilines is 2. The number of likely N-dealkylation sites (N-methyl/N-ethyl adjacent to an activating group) is 1. The summed E-state index contributed by atoms with van der Waals surface area (Å²) < 4.78 is 0. The minimum Gasteiger partial charge on any atom is -0.364 e. The molecule has 0 radical (unpaired) electrons.